The molecule has 0 heterocycles. The number of rotatable bonds is 4. The van der Waals surface area contributed by atoms with E-state index in [1.807, 2.05) is 6.92 Å². The number of nitrogens with zero attached hydrogens (tertiary/aromatic N) is 1. The van der Waals surface area contributed by atoms with Gasteiger partial charge in [-0.15, -0.1) is 0 Å². The van der Waals surface area contributed by atoms with Gasteiger partial charge in [-0.3, -0.25) is 4.79 Å². The Kier molecular flexibility index (Phi) is 4.25. The van der Waals surface area contributed by atoms with E-state index in [-0.39, 0.29) is 11.8 Å². The molecule has 0 unspecified atom stereocenters. The first-order chi connectivity index (χ1) is 10.1. The molecule has 0 radical (unpaired) electrons. The highest BCUT2D eigenvalue weighted by atomic mass is 32.2. The van der Waals surface area contributed by atoms with Crippen LogP contribution in [0.15, 0.2) is 29.2 Å². The van der Waals surface area contributed by atoms with Gasteiger partial charge in [0.1, 0.15) is 0 Å². The predicted octanol–water partition coefficient (Wildman–Crippen LogP) is 2.99. The summed E-state index contributed by atoms with van der Waals surface area (Å²) >= 11 is 0. The van der Waals surface area contributed by atoms with Gasteiger partial charge in [0.15, 0.2) is 0 Å². The molecule has 1 aromatic rings. The normalized spacial score (nSPS) is 21.5. The first-order valence-electron chi connectivity index (χ1n) is 6.82. The van der Waals surface area contributed by atoms with Crippen LogP contribution in [0, 0.1) is 11.8 Å². The Bertz CT molecular complexity index is 668. The smallest absolute Gasteiger partial charge is 0.312 e. The van der Waals surface area contributed by atoms with Crippen LogP contribution >= 0.6 is 0 Å². The average Bonchev–Trinajstić information content (AvgIpc) is 3.16. The second-order valence-corrected chi connectivity index (χ2v) is 7.29. The van der Waals surface area contributed by atoms with Crippen molar-refractivity contribution in [2.24, 2.45) is 11.8 Å². The molecule has 1 aliphatic rings. The van der Waals surface area contributed by atoms with E-state index in [1.54, 1.807) is 6.92 Å². The zero-order valence-corrected chi connectivity index (χ0v) is 12.9. The van der Waals surface area contributed by atoms with Crippen molar-refractivity contribution in [1.82, 2.24) is 0 Å². The van der Waals surface area contributed by atoms with Crippen LogP contribution in [0.2, 0.25) is 0 Å². The number of carbonyl (C=O) groups is 1. The molecule has 0 aliphatic heterocycles. The van der Waals surface area contributed by atoms with Crippen molar-refractivity contribution in [1.29, 1.82) is 0 Å². The van der Waals surface area contributed by atoms with Crippen LogP contribution in [0.1, 0.15) is 20.3 Å². The highest BCUT2D eigenvalue weighted by Crippen LogP contribution is 2.40. The van der Waals surface area contributed by atoms with Gasteiger partial charge >= 0.3 is 5.51 Å². The molecule has 1 amide bonds. The summed E-state index contributed by atoms with van der Waals surface area (Å²) in [5.74, 6) is 0.173. The van der Waals surface area contributed by atoms with E-state index < -0.39 is 20.2 Å². The summed E-state index contributed by atoms with van der Waals surface area (Å²) in [5, 5.41) is 0. The third-order valence-electron chi connectivity index (χ3n) is 3.77. The van der Waals surface area contributed by atoms with Crippen LogP contribution in [0.4, 0.5) is 18.9 Å². The molecule has 0 bridgehead atoms. The zero-order valence-electron chi connectivity index (χ0n) is 12.1. The quantitative estimate of drug-likeness (QED) is 0.850. The van der Waals surface area contributed by atoms with E-state index >= 15 is 0 Å². The van der Waals surface area contributed by atoms with Gasteiger partial charge in [-0.05, 0) is 43.5 Å². The van der Waals surface area contributed by atoms with Crippen LogP contribution in [-0.2, 0) is 14.6 Å². The lowest BCUT2D eigenvalue weighted by atomic mass is 10.2. The summed E-state index contributed by atoms with van der Waals surface area (Å²) < 4.78 is 60.0. The van der Waals surface area contributed by atoms with Crippen molar-refractivity contribution in [3.63, 3.8) is 0 Å². The molecule has 1 aromatic carbocycles. The molecule has 0 aromatic heterocycles. The zero-order chi connectivity index (χ0) is 16.7. The van der Waals surface area contributed by atoms with Crippen molar-refractivity contribution < 1.29 is 26.4 Å². The summed E-state index contributed by atoms with van der Waals surface area (Å²) in [7, 11) is -5.36. The lowest BCUT2D eigenvalue weighted by Gasteiger charge is -2.21. The Morgan fingerprint density at radius 1 is 1.27 bits per heavy atom. The second kappa shape index (κ2) is 5.57. The van der Waals surface area contributed by atoms with Crippen LogP contribution in [-0.4, -0.2) is 26.4 Å². The maximum Gasteiger partial charge on any atom is 0.501 e. The van der Waals surface area contributed by atoms with E-state index in [2.05, 4.69) is 0 Å². The van der Waals surface area contributed by atoms with Gasteiger partial charge in [0.05, 0.1) is 4.90 Å². The summed E-state index contributed by atoms with van der Waals surface area (Å²) in [6.07, 6.45) is 0.801. The van der Waals surface area contributed by atoms with Crippen molar-refractivity contribution in [3.8, 4) is 0 Å². The fraction of sp³-hybridized carbons (Fsp3) is 0.500. The number of benzene rings is 1. The standard InChI is InChI=1S/C14H16F3NO3S/c1-3-18(13(19)12-8-9(12)2)10-4-6-11(7-5-10)22(20,21)14(15,16)17/h4-7,9,12H,3,8H2,1-2H3/t9-,12-/m1/s1. The van der Waals surface area contributed by atoms with Gasteiger partial charge < -0.3 is 4.90 Å². The highest BCUT2D eigenvalue weighted by molar-refractivity contribution is 7.92. The summed E-state index contributed by atoms with van der Waals surface area (Å²) in [6.45, 7) is 4.08. The third kappa shape index (κ3) is 2.97. The van der Waals surface area contributed by atoms with Crippen molar-refractivity contribution in [2.75, 3.05) is 11.4 Å². The minimum atomic E-state index is -5.36. The number of carbonyl (C=O) groups excluding carboxylic acids is 1. The number of anilines is 1. The van der Waals surface area contributed by atoms with E-state index in [1.165, 1.54) is 17.0 Å². The maximum absolute atomic E-state index is 12.5. The van der Waals surface area contributed by atoms with Crippen molar-refractivity contribution >= 4 is 21.4 Å². The second-order valence-electron chi connectivity index (χ2n) is 5.35. The van der Waals surface area contributed by atoms with E-state index in [0.717, 1.165) is 18.6 Å². The molecule has 2 atom stereocenters. The summed E-state index contributed by atoms with van der Waals surface area (Å²) in [4.78, 5) is 12.8. The van der Waals surface area contributed by atoms with E-state index in [9.17, 15) is 26.4 Å². The minimum Gasteiger partial charge on any atom is -0.312 e. The fourth-order valence-electron chi connectivity index (χ4n) is 2.27. The highest BCUT2D eigenvalue weighted by Gasteiger charge is 2.47. The minimum absolute atomic E-state index is 0.0569. The van der Waals surface area contributed by atoms with Gasteiger partial charge in [-0.1, -0.05) is 6.92 Å². The van der Waals surface area contributed by atoms with Gasteiger partial charge in [-0.25, -0.2) is 8.42 Å². The molecule has 122 valence electrons. The van der Waals surface area contributed by atoms with Gasteiger partial charge in [0.25, 0.3) is 9.84 Å². The largest absolute Gasteiger partial charge is 0.501 e. The van der Waals surface area contributed by atoms with Crippen LogP contribution in [0.5, 0.6) is 0 Å². The monoisotopic (exact) mass is 335 g/mol. The molecule has 1 fully saturated rings. The average molecular weight is 335 g/mol. The molecule has 22 heavy (non-hydrogen) atoms. The number of amides is 1. The predicted molar refractivity (Wildman–Crippen MR) is 75.0 cm³/mol. The molecule has 8 heteroatoms. The van der Waals surface area contributed by atoms with E-state index in [4.69, 9.17) is 0 Å². The number of sulfone groups is 1. The van der Waals surface area contributed by atoms with Crippen LogP contribution in [0.3, 0.4) is 0 Å². The molecular weight excluding hydrogens is 319 g/mol. The lowest BCUT2D eigenvalue weighted by Crippen LogP contribution is -2.32. The maximum atomic E-state index is 12.5. The first-order valence-corrected chi connectivity index (χ1v) is 8.30. The number of alkyl halides is 3. The molecule has 0 spiro atoms. The topological polar surface area (TPSA) is 54.5 Å². The molecule has 4 nitrogen and oxygen atoms in total. The Hall–Kier alpha value is -1.57. The number of hydrogen-bond acceptors (Lipinski definition) is 3. The van der Waals surface area contributed by atoms with Crippen LogP contribution in [0.25, 0.3) is 0 Å². The Morgan fingerprint density at radius 3 is 2.14 bits per heavy atom. The van der Waals surface area contributed by atoms with E-state index in [0.29, 0.717) is 18.2 Å². The molecule has 1 aliphatic carbocycles. The molecule has 2 rings (SSSR count). The van der Waals surface area contributed by atoms with Crippen molar-refractivity contribution in [2.45, 2.75) is 30.7 Å². The van der Waals surface area contributed by atoms with Crippen molar-refractivity contribution in [3.05, 3.63) is 24.3 Å². The molecule has 0 saturated heterocycles. The SMILES string of the molecule is CCN(C(=O)[C@@H]1C[C@H]1C)c1ccc(S(=O)(=O)C(F)(F)F)cc1. The third-order valence-corrected chi connectivity index (χ3v) is 5.27. The Morgan fingerprint density at radius 2 is 1.77 bits per heavy atom. The summed E-state index contributed by atoms with van der Waals surface area (Å²) in [6, 6.07) is 4.22. The summed E-state index contributed by atoms with van der Waals surface area (Å²) in [5.41, 5.74) is -4.94. The van der Waals surface area contributed by atoms with Crippen LogP contribution < -0.4 is 4.90 Å². The van der Waals surface area contributed by atoms with Gasteiger partial charge in [0.2, 0.25) is 5.91 Å². The Balaban J connectivity index is 2.26. The Labute approximate surface area is 126 Å². The lowest BCUT2D eigenvalue weighted by molar-refractivity contribution is -0.120. The number of hydrogen-bond donors (Lipinski definition) is 0. The number of halogens is 3. The van der Waals surface area contributed by atoms with Gasteiger partial charge in [-0.2, -0.15) is 13.2 Å². The molecule has 1 saturated carbocycles. The molecule has 0 N–H and O–H groups in total. The van der Waals surface area contributed by atoms with Gasteiger partial charge in [0, 0.05) is 18.2 Å². The molecular formula is C14H16F3NO3S. The first kappa shape index (κ1) is 16.8. The fourth-order valence-corrected chi connectivity index (χ4v) is 3.03.